The van der Waals surface area contributed by atoms with Crippen molar-refractivity contribution in [1.29, 1.82) is 0 Å². The van der Waals surface area contributed by atoms with Gasteiger partial charge in [0.05, 0.1) is 33.5 Å². The molecule has 11 heteroatoms. The number of nitrogens with one attached hydrogen (secondary N) is 1. The van der Waals surface area contributed by atoms with Gasteiger partial charge in [-0.25, -0.2) is 4.79 Å². The van der Waals surface area contributed by atoms with E-state index in [0.717, 1.165) is 35.7 Å². The van der Waals surface area contributed by atoms with E-state index in [4.69, 9.17) is 23.2 Å². The number of carboxylic acids is 1. The minimum absolute atomic E-state index is 0.0493. The second-order valence-electron chi connectivity index (χ2n) is 8.27. The molecule has 182 valence electrons. The molecule has 2 N–H and O–H groups in total. The number of halogens is 2. The number of benzene rings is 2. The number of carbonyl (C=O) groups excluding carboxylic acids is 2. The van der Waals surface area contributed by atoms with Gasteiger partial charge in [-0.05, 0) is 42.0 Å². The highest BCUT2D eigenvalue weighted by atomic mass is 35.5. The molecular formula is C24H22Cl2N4O4S. The van der Waals surface area contributed by atoms with Crippen molar-refractivity contribution in [2.24, 2.45) is 0 Å². The highest BCUT2D eigenvalue weighted by Gasteiger charge is 2.27. The number of aliphatic carboxylic acids is 1. The summed E-state index contributed by atoms with van der Waals surface area (Å²) in [7, 11) is 0. The summed E-state index contributed by atoms with van der Waals surface area (Å²) in [5, 5.41) is 12.5. The Morgan fingerprint density at radius 3 is 2.31 bits per heavy atom. The highest BCUT2D eigenvalue weighted by Crippen LogP contribution is 2.29. The fourth-order valence-corrected chi connectivity index (χ4v) is 5.12. The van der Waals surface area contributed by atoms with Gasteiger partial charge in [-0.2, -0.15) is 8.75 Å². The van der Waals surface area contributed by atoms with Crippen LogP contribution in [0.15, 0.2) is 48.7 Å². The van der Waals surface area contributed by atoms with Crippen LogP contribution in [0.5, 0.6) is 0 Å². The predicted molar refractivity (Wildman–Crippen MR) is 133 cm³/mol. The molecule has 2 aromatic carbocycles. The number of carboxylic acid groups (broad SMARTS) is 1. The zero-order chi connectivity index (χ0) is 24.9. The van der Waals surface area contributed by atoms with Crippen LogP contribution in [0.2, 0.25) is 10.0 Å². The largest absolute Gasteiger partial charge is 0.480 e. The molecule has 3 aromatic rings. The summed E-state index contributed by atoms with van der Waals surface area (Å²) in [6.45, 7) is 1.28. The number of rotatable bonds is 7. The maximum atomic E-state index is 12.6. The van der Waals surface area contributed by atoms with Crippen LogP contribution in [-0.2, 0) is 11.2 Å². The van der Waals surface area contributed by atoms with Crippen LogP contribution in [0.1, 0.15) is 50.7 Å². The molecule has 35 heavy (non-hydrogen) atoms. The molecule has 0 unspecified atom stereocenters. The molecule has 0 radical (unpaired) electrons. The van der Waals surface area contributed by atoms with E-state index in [1.807, 2.05) is 24.3 Å². The molecule has 4 rings (SSSR count). The number of carbonyl (C=O) groups is 3. The molecule has 1 aliphatic rings. The topological polar surface area (TPSA) is 112 Å². The summed E-state index contributed by atoms with van der Waals surface area (Å²) >= 11 is 13.2. The minimum atomic E-state index is -1.15. The third-order valence-corrected chi connectivity index (χ3v) is 7.15. The second kappa shape index (κ2) is 11.2. The molecule has 1 aliphatic heterocycles. The highest BCUT2D eigenvalue weighted by molar-refractivity contribution is 6.99. The summed E-state index contributed by atoms with van der Waals surface area (Å²) in [5.41, 5.74) is 2.34. The molecular weight excluding hydrogens is 511 g/mol. The van der Waals surface area contributed by atoms with Gasteiger partial charge in [0.15, 0.2) is 5.69 Å². The van der Waals surface area contributed by atoms with E-state index in [2.05, 4.69) is 14.1 Å². The first-order valence-corrected chi connectivity index (χ1v) is 12.5. The van der Waals surface area contributed by atoms with Gasteiger partial charge in [0.2, 0.25) is 0 Å². The van der Waals surface area contributed by atoms with Crippen LogP contribution in [0.4, 0.5) is 0 Å². The molecule has 2 amide bonds. The Labute approximate surface area is 216 Å². The van der Waals surface area contributed by atoms with Crippen molar-refractivity contribution in [2.75, 3.05) is 13.1 Å². The van der Waals surface area contributed by atoms with Gasteiger partial charge in [-0.15, -0.1) is 0 Å². The smallest absolute Gasteiger partial charge is 0.326 e. The molecule has 0 bridgehead atoms. The van der Waals surface area contributed by atoms with E-state index in [1.165, 1.54) is 18.3 Å². The van der Waals surface area contributed by atoms with Crippen molar-refractivity contribution in [3.63, 3.8) is 0 Å². The van der Waals surface area contributed by atoms with Gasteiger partial charge in [0.25, 0.3) is 11.8 Å². The molecule has 1 aromatic heterocycles. The van der Waals surface area contributed by atoms with Crippen LogP contribution in [0.3, 0.4) is 0 Å². The summed E-state index contributed by atoms with van der Waals surface area (Å²) < 4.78 is 7.91. The van der Waals surface area contributed by atoms with Crippen molar-refractivity contribution in [2.45, 2.75) is 31.2 Å². The van der Waals surface area contributed by atoms with Gasteiger partial charge in [0.1, 0.15) is 6.04 Å². The standard InChI is InChI=1S/C24H22Cl2N4O4S/c25-17-2-1-3-18(26)21(17)22(31)28-19(24(33)34)12-14-4-6-15(7-5-14)16-8-10-30(11-9-16)23(32)20-13-27-35-29-20/h1-7,13,16,19H,8-12H2,(H,28,31)(H,33,34)/t19-/m0/s1. The number of likely N-dealkylation sites (tertiary alicyclic amines) is 1. The minimum Gasteiger partial charge on any atom is -0.480 e. The first-order chi connectivity index (χ1) is 16.8. The first-order valence-electron chi connectivity index (χ1n) is 11.0. The first kappa shape index (κ1) is 25.1. The van der Waals surface area contributed by atoms with E-state index in [1.54, 1.807) is 11.0 Å². The van der Waals surface area contributed by atoms with Crippen molar-refractivity contribution < 1.29 is 19.5 Å². The summed E-state index contributed by atoms with van der Waals surface area (Å²) in [5.74, 6) is -1.58. The second-order valence-corrected chi connectivity index (χ2v) is 9.64. The Bertz CT molecular complexity index is 1190. The van der Waals surface area contributed by atoms with Crippen LogP contribution < -0.4 is 5.32 Å². The zero-order valence-electron chi connectivity index (χ0n) is 18.5. The van der Waals surface area contributed by atoms with Crippen LogP contribution in [0.25, 0.3) is 0 Å². The zero-order valence-corrected chi connectivity index (χ0v) is 20.8. The average Bonchev–Trinajstić information content (AvgIpc) is 3.39. The lowest BCUT2D eigenvalue weighted by Crippen LogP contribution is -2.42. The Kier molecular flexibility index (Phi) is 8.00. The number of piperidine rings is 1. The molecule has 1 saturated heterocycles. The number of amides is 2. The lowest BCUT2D eigenvalue weighted by Gasteiger charge is -2.31. The van der Waals surface area contributed by atoms with Gasteiger partial charge in [-0.3, -0.25) is 9.59 Å². The molecule has 0 saturated carbocycles. The van der Waals surface area contributed by atoms with Crippen LogP contribution >= 0.6 is 34.9 Å². The van der Waals surface area contributed by atoms with Gasteiger partial charge < -0.3 is 15.3 Å². The lowest BCUT2D eigenvalue weighted by molar-refractivity contribution is -0.139. The average molecular weight is 533 g/mol. The maximum Gasteiger partial charge on any atom is 0.326 e. The number of aromatic nitrogens is 2. The van der Waals surface area contributed by atoms with Gasteiger partial charge in [-0.1, -0.05) is 53.5 Å². The molecule has 1 fully saturated rings. The molecule has 0 spiro atoms. The van der Waals surface area contributed by atoms with Crippen molar-refractivity contribution >= 4 is 52.7 Å². The Hall–Kier alpha value is -3.01. The molecule has 0 aliphatic carbocycles. The Morgan fingerprint density at radius 2 is 1.74 bits per heavy atom. The van der Waals surface area contributed by atoms with E-state index in [0.29, 0.717) is 24.7 Å². The van der Waals surface area contributed by atoms with Gasteiger partial charge in [0, 0.05) is 19.5 Å². The Morgan fingerprint density at radius 1 is 1.09 bits per heavy atom. The number of hydrogen-bond acceptors (Lipinski definition) is 6. The van der Waals surface area contributed by atoms with Crippen LogP contribution in [-0.4, -0.2) is 55.7 Å². The quantitative estimate of drug-likeness (QED) is 0.469. The van der Waals surface area contributed by atoms with Crippen molar-refractivity contribution in [3.8, 4) is 0 Å². The fourth-order valence-electron chi connectivity index (χ4n) is 4.14. The van der Waals surface area contributed by atoms with E-state index < -0.39 is 17.9 Å². The predicted octanol–water partition coefficient (Wildman–Crippen LogP) is 4.29. The number of nitrogens with zero attached hydrogens (tertiary/aromatic N) is 3. The summed E-state index contributed by atoms with van der Waals surface area (Å²) in [6.07, 6.45) is 3.26. The van der Waals surface area contributed by atoms with E-state index in [9.17, 15) is 19.5 Å². The summed E-state index contributed by atoms with van der Waals surface area (Å²) in [4.78, 5) is 38.7. The third kappa shape index (κ3) is 5.98. The van der Waals surface area contributed by atoms with Crippen molar-refractivity contribution in [3.05, 3.63) is 81.1 Å². The Balaban J connectivity index is 1.36. The van der Waals surface area contributed by atoms with Crippen LogP contribution in [0, 0.1) is 0 Å². The molecule has 8 nitrogen and oxygen atoms in total. The fraction of sp³-hybridized carbons (Fsp3) is 0.292. The van der Waals surface area contributed by atoms with E-state index >= 15 is 0 Å². The van der Waals surface area contributed by atoms with Gasteiger partial charge >= 0.3 is 5.97 Å². The van der Waals surface area contributed by atoms with Crippen molar-refractivity contribution in [1.82, 2.24) is 19.0 Å². The van der Waals surface area contributed by atoms with E-state index in [-0.39, 0.29) is 27.9 Å². The third-order valence-electron chi connectivity index (χ3n) is 6.05. The SMILES string of the molecule is O=C(N[C@@H](Cc1ccc(C2CCN(C(=O)c3cnsn3)CC2)cc1)C(=O)O)c1c(Cl)cccc1Cl. The number of hydrogen-bond donors (Lipinski definition) is 2. The summed E-state index contributed by atoms with van der Waals surface area (Å²) in [6, 6.07) is 11.2. The molecule has 2 heterocycles. The lowest BCUT2D eigenvalue weighted by atomic mass is 9.88. The maximum absolute atomic E-state index is 12.6. The monoisotopic (exact) mass is 532 g/mol. The molecule has 1 atom stereocenters. The normalized spacial score (nSPS) is 15.0.